The molecule has 0 spiro atoms. The Kier molecular flexibility index (Phi) is 7.77. The molecule has 1 aliphatic heterocycles. The molecule has 0 aromatic heterocycles. The van der Waals surface area contributed by atoms with Gasteiger partial charge in [0.1, 0.15) is 5.75 Å². The lowest BCUT2D eigenvalue weighted by molar-refractivity contribution is -0.176. The Morgan fingerprint density at radius 2 is 1.71 bits per heavy atom. The predicted octanol–water partition coefficient (Wildman–Crippen LogP) is 6.45. The van der Waals surface area contributed by atoms with Gasteiger partial charge in [0, 0.05) is 18.8 Å². The van der Waals surface area contributed by atoms with Gasteiger partial charge in [-0.15, -0.1) is 0 Å². The van der Waals surface area contributed by atoms with Crippen LogP contribution in [0.25, 0.3) is 0 Å². The van der Waals surface area contributed by atoms with Gasteiger partial charge in [-0.3, -0.25) is 4.79 Å². The number of fused-ring (bicyclic) bond motifs is 1. The van der Waals surface area contributed by atoms with Gasteiger partial charge in [0.2, 0.25) is 5.91 Å². The fourth-order valence-electron chi connectivity index (χ4n) is 4.95. The van der Waals surface area contributed by atoms with Gasteiger partial charge in [-0.05, 0) is 84.2 Å². The number of alkyl halides is 3. The van der Waals surface area contributed by atoms with Gasteiger partial charge in [0.05, 0.1) is 18.4 Å². The van der Waals surface area contributed by atoms with E-state index in [0.29, 0.717) is 12.3 Å². The van der Waals surface area contributed by atoms with Crippen LogP contribution in [-0.2, 0) is 17.8 Å². The van der Waals surface area contributed by atoms with Crippen molar-refractivity contribution >= 4 is 11.6 Å². The van der Waals surface area contributed by atoms with Crippen molar-refractivity contribution in [3.8, 4) is 5.75 Å². The maximum Gasteiger partial charge on any atom is 0.394 e. The van der Waals surface area contributed by atoms with E-state index < -0.39 is 12.1 Å². The average Bonchev–Trinajstić information content (AvgIpc) is 2.94. The van der Waals surface area contributed by atoms with Gasteiger partial charge >= 0.3 is 6.18 Å². The van der Waals surface area contributed by atoms with Crippen LogP contribution in [0.2, 0.25) is 0 Å². The van der Waals surface area contributed by atoms with Crippen molar-refractivity contribution in [2.45, 2.75) is 73.0 Å². The van der Waals surface area contributed by atoms with E-state index >= 15 is 0 Å². The van der Waals surface area contributed by atoms with Gasteiger partial charge in [-0.1, -0.05) is 33.8 Å². The largest absolute Gasteiger partial charge is 0.493 e. The van der Waals surface area contributed by atoms with Crippen molar-refractivity contribution in [1.82, 2.24) is 0 Å². The lowest BCUT2D eigenvalue weighted by Crippen LogP contribution is -2.33. The van der Waals surface area contributed by atoms with E-state index in [4.69, 9.17) is 10.5 Å². The van der Waals surface area contributed by atoms with E-state index in [1.165, 1.54) is 0 Å². The molecule has 4 nitrogen and oxygen atoms in total. The lowest BCUT2D eigenvalue weighted by Gasteiger charge is -2.32. The van der Waals surface area contributed by atoms with Crippen molar-refractivity contribution in [1.29, 1.82) is 0 Å². The second-order valence-electron chi connectivity index (χ2n) is 10.9. The molecule has 0 radical (unpaired) electrons. The smallest absolute Gasteiger partial charge is 0.394 e. The number of amides is 1. The number of carbonyl (C=O) groups excluding carboxylic acids is 1. The van der Waals surface area contributed by atoms with E-state index in [1.807, 2.05) is 46.8 Å². The normalized spacial score (nSPS) is 16.3. The Morgan fingerprint density at radius 3 is 2.26 bits per heavy atom. The minimum atomic E-state index is -4.26. The van der Waals surface area contributed by atoms with E-state index in [1.54, 1.807) is 6.07 Å². The summed E-state index contributed by atoms with van der Waals surface area (Å²) in [5, 5.41) is 0. The quantitative estimate of drug-likeness (QED) is 0.506. The van der Waals surface area contributed by atoms with Gasteiger partial charge in [-0.2, -0.15) is 13.2 Å². The molecule has 2 atom stereocenters. The number of carbonyl (C=O) groups is 1. The molecular formula is C28H37F3N2O2. The standard InChI is InChI=1S/C28H37F3N2O2/c1-17-12-22(13-18(2)24(17)25(26(32)34)27(4,5)6)33-11-7-8-20-14-23(10-9-21(20)15-33)35-16-19(3)28(29,30)31/h9-10,12-14,19,25H,7-8,11,15-16H2,1-6H3,(H2,32,34). The highest BCUT2D eigenvalue weighted by Crippen LogP contribution is 2.40. The van der Waals surface area contributed by atoms with Crippen molar-refractivity contribution in [3.63, 3.8) is 0 Å². The number of halogens is 3. The zero-order chi connectivity index (χ0) is 26.1. The summed E-state index contributed by atoms with van der Waals surface area (Å²) >= 11 is 0. The van der Waals surface area contributed by atoms with Crippen LogP contribution >= 0.6 is 0 Å². The Balaban J connectivity index is 1.83. The highest BCUT2D eigenvalue weighted by atomic mass is 19.4. The van der Waals surface area contributed by atoms with Crippen molar-refractivity contribution in [3.05, 3.63) is 58.1 Å². The molecule has 2 unspecified atom stereocenters. The second-order valence-corrected chi connectivity index (χ2v) is 10.9. The maximum absolute atomic E-state index is 12.8. The monoisotopic (exact) mass is 490 g/mol. The Bertz CT molecular complexity index is 1050. The van der Waals surface area contributed by atoms with Crippen molar-refractivity contribution in [2.24, 2.45) is 17.1 Å². The summed E-state index contributed by atoms with van der Waals surface area (Å²) in [6, 6.07) is 9.85. The maximum atomic E-state index is 12.8. The topological polar surface area (TPSA) is 55.6 Å². The first-order valence-corrected chi connectivity index (χ1v) is 12.1. The third kappa shape index (κ3) is 6.30. The van der Waals surface area contributed by atoms with Crippen LogP contribution in [0.15, 0.2) is 30.3 Å². The highest BCUT2D eigenvalue weighted by Gasteiger charge is 2.36. The number of aryl methyl sites for hydroxylation is 3. The molecular weight excluding hydrogens is 453 g/mol. The van der Waals surface area contributed by atoms with E-state index in [2.05, 4.69) is 17.0 Å². The molecule has 0 bridgehead atoms. The molecule has 0 fully saturated rings. The first kappa shape index (κ1) is 26.9. The van der Waals surface area contributed by atoms with Crippen LogP contribution in [0.5, 0.6) is 5.75 Å². The SMILES string of the molecule is Cc1cc(N2CCCc3cc(OCC(C)C(F)(F)F)ccc3C2)cc(C)c1C(C(N)=O)C(C)(C)C. The van der Waals surface area contributed by atoms with Crippen molar-refractivity contribution < 1.29 is 22.7 Å². The Hall–Kier alpha value is -2.70. The number of ether oxygens (including phenoxy) is 1. The molecule has 0 saturated heterocycles. The first-order chi connectivity index (χ1) is 16.2. The molecule has 2 N–H and O–H groups in total. The summed E-state index contributed by atoms with van der Waals surface area (Å²) < 4.78 is 43.8. The van der Waals surface area contributed by atoms with Crippen molar-refractivity contribution in [2.75, 3.05) is 18.1 Å². The fraction of sp³-hybridized carbons (Fsp3) is 0.536. The molecule has 0 saturated carbocycles. The molecule has 1 aliphatic rings. The van der Waals surface area contributed by atoms with Crippen LogP contribution < -0.4 is 15.4 Å². The molecule has 35 heavy (non-hydrogen) atoms. The predicted molar refractivity (Wildman–Crippen MR) is 134 cm³/mol. The van der Waals surface area contributed by atoms with E-state index in [0.717, 1.165) is 59.8 Å². The number of anilines is 1. The van der Waals surface area contributed by atoms with Crippen LogP contribution in [0.1, 0.15) is 67.9 Å². The van der Waals surface area contributed by atoms with Gasteiger partial charge in [-0.25, -0.2) is 0 Å². The average molecular weight is 491 g/mol. The third-order valence-electron chi connectivity index (χ3n) is 6.85. The number of rotatable bonds is 6. The summed E-state index contributed by atoms with van der Waals surface area (Å²) in [7, 11) is 0. The minimum Gasteiger partial charge on any atom is -0.493 e. The molecule has 2 aromatic rings. The number of primary amides is 1. The van der Waals surface area contributed by atoms with Gasteiger partial charge in [0.15, 0.2) is 0 Å². The molecule has 0 aliphatic carbocycles. The van der Waals surface area contributed by atoms with E-state index in [9.17, 15) is 18.0 Å². The minimum absolute atomic E-state index is 0.290. The molecule has 1 amide bonds. The molecule has 192 valence electrons. The lowest BCUT2D eigenvalue weighted by atomic mass is 9.73. The van der Waals surface area contributed by atoms with Crippen LogP contribution in [0, 0.1) is 25.2 Å². The Labute approximate surface area is 206 Å². The molecule has 7 heteroatoms. The molecule has 3 rings (SSSR count). The summed E-state index contributed by atoms with van der Waals surface area (Å²) in [5.74, 6) is -1.73. The first-order valence-electron chi connectivity index (χ1n) is 12.1. The fourth-order valence-corrected chi connectivity index (χ4v) is 4.95. The van der Waals surface area contributed by atoms with Crippen LogP contribution in [0.4, 0.5) is 18.9 Å². The van der Waals surface area contributed by atoms with Crippen LogP contribution in [0.3, 0.4) is 0 Å². The number of hydrogen-bond donors (Lipinski definition) is 1. The molecule has 1 heterocycles. The number of benzene rings is 2. The number of nitrogens with two attached hydrogens (primary N) is 1. The van der Waals surface area contributed by atoms with Gasteiger partial charge in [0.25, 0.3) is 0 Å². The zero-order valence-electron chi connectivity index (χ0n) is 21.6. The Morgan fingerprint density at radius 1 is 1.09 bits per heavy atom. The highest BCUT2D eigenvalue weighted by molar-refractivity contribution is 5.84. The summed E-state index contributed by atoms with van der Waals surface area (Å²) in [6.07, 6.45) is -2.51. The summed E-state index contributed by atoms with van der Waals surface area (Å²) in [5.41, 5.74) is 11.9. The third-order valence-corrected chi connectivity index (χ3v) is 6.85. The number of nitrogens with zero attached hydrogens (tertiary/aromatic N) is 1. The zero-order valence-corrected chi connectivity index (χ0v) is 21.6. The number of hydrogen-bond acceptors (Lipinski definition) is 3. The summed E-state index contributed by atoms with van der Waals surface area (Å²) in [6.45, 7) is 12.5. The van der Waals surface area contributed by atoms with E-state index in [-0.39, 0.29) is 23.8 Å². The summed E-state index contributed by atoms with van der Waals surface area (Å²) in [4.78, 5) is 14.6. The molecule has 2 aromatic carbocycles. The second kappa shape index (κ2) is 10.1. The van der Waals surface area contributed by atoms with Crippen LogP contribution in [-0.4, -0.2) is 25.2 Å². The van der Waals surface area contributed by atoms with Gasteiger partial charge < -0.3 is 15.4 Å².